The first-order chi connectivity index (χ1) is 10.6. The zero-order valence-corrected chi connectivity index (χ0v) is 13.2. The molecule has 116 valence electrons. The van der Waals surface area contributed by atoms with Crippen LogP contribution in [0, 0.1) is 0 Å². The van der Waals surface area contributed by atoms with Gasteiger partial charge in [-0.2, -0.15) is 0 Å². The average molecular weight is 370 g/mol. The number of nitrogens with zero attached hydrogens (tertiary/aromatic N) is 1. The third kappa shape index (κ3) is 2.50. The van der Waals surface area contributed by atoms with Crippen molar-refractivity contribution < 1.29 is 28.6 Å². The summed E-state index contributed by atoms with van der Waals surface area (Å²) in [5, 5.41) is 12.5. The minimum atomic E-state index is -1.17. The van der Waals surface area contributed by atoms with E-state index < -0.39 is 5.97 Å². The standard InChI is InChI=1S/C14H12BrNO6/c1-19-12-7(15)5-10-13(21-4-2-3-20-10)11(12)9-6-8(14(17)18)16-22-9/h5-6H,2-4H2,1H3,(H,17,18). The van der Waals surface area contributed by atoms with E-state index in [2.05, 4.69) is 21.1 Å². The fourth-order valence-corrected chi connectivity index (χ4v) is 2.74. The van der Waals surface area contributed by atoms with Crippen LogP contribution in [0.4, 0.5) is 0 Å². The van der Waals surface area contributed by atoms with Gasteiger partial charge in [0.05, 0.1) is 24.8 Å². The molecule has 0 bridgehead atoms. The number of carboxylic acid groups (broad SMARTS) is 1. The van der Waals surface area contributed by atoms with Crippen molar-refractivity contribution in [3.63, 3.8) is 0 Å². The summed E-state index contributed by atoms with van der Waals surface area (Å²) in [6, 6.07) is 3.07. The van der Waals surface area contributed by atoms with Crippen LogP contribution in [-0.4, -0.2) is 36.6 Å². The van der Waals surface area contributed by atoms with Gasteiger partial charge < -0.3 is 23.8 Å². The highest BCUT2D eigenvalue weighted by Crippen LogP contribution is 2.49. The lowest BCUT2D eigenvalue weighted by Gasteiger charge is -2.15. The molecule has 1 aliphatic rings. The molecule has 0 spiro atoms. The number of aromatic carboxylic acids is 1. The maximum atomic E-state index is 11.0. The molecule has 0 saturated carbocycles. The molecule has 3 rings (SSSR count). The largest absolute Gasteiger partial charge is 0.495 e. The van der Waals surface area contributed by atoms with Crippen LogP contribution >= 0.6 is 15.9 Å². The zero-order valence-electron chi connectivity index (χ0n) is 11.6. The number of benzene rings is 1. The van der Waals surface area contributed by atoms with Crippen molar-refractivity contribution >= 4 is 21.9 Å². The number of hydrogen-bond acceptors (Lipinski definition) is 6. The first kappa shape index (κ1) is 14.7. The molecule has 7 nitrogen and oxygen atoms in total. The molecule has 1 N–H and O–H groups in total. The number of rotatable bonds is 3. The predicted molar refractivity (Wildman–Crippen MR) is 78.8 cm³/mol. The van der Waals surface area contributed by atoms with E-state index in [9.17, 15) is 4.79 Å². The van der Waals surface area contributed by atoms with Crippen molar-refractivity contribution in [2.75, 3.05) is 20.3 Å². The van der Waals surface area contributed by atoms with Gasteiger partial charge in [-0.3, -0.25) is 0 Å². The fourth-order valence-electron chi connectivity index (χ4n) is 2.17. The Hall–Kier alpha value is -2.22. The summed E-state index contributed by atoms with van der Waals surface area (Å²) in [7, 11) is 1.50. The first-order valence-corrected chi connectivity index (χ1v) is 7.27. The van der Waals surface area contributed by atoms with Gasteiger partial charge >= 0.3 is 5.97 Å². The Morgan fingerprint density at radius 2 is 2.14 bits per heavy atom. The lowest BCUT2D eigenvalue weighted by atomic mass is 10.1. The highest BCUT2D eigenvalue weighted by atomic mass is 79.9. The summed E-state index contributed by atoms with van der Waals surface area (Å²) < 4.78 is 22.6. The Labute approximate surface area is 133 Å². The monoisotopic (exact) mass is 369 g/mol. The lowest BCUT2D eigenvalue weighted by Crippen LogP contribution is -1.99. The Morgan fingerprint density at radius 3 is 2.82 bits per heavy atom. The highest BCUT2D eigenvalue weighted by Gasteiger charge is 2.27. The predicted octanol–water partition coefficient (Wildman–Crippen LogP) is 2.97. The van der Waals surface area contributed by atoms with Crippen LogP contribution in [-0.2, 0) is 0 Å². The fraction of sp³-hybridized carbons (Fsp3) is 0.286. The number of methoxy groups -OCH3 is 1. The lowest BCUT2D eigenvalue weighted by molar-refractivity contribution is 0.0686. The van der Waals surface area contributed by atoms with Gasteiger partial charge in [0.25, 0.3) is 0 Å². The van der Waals surface area contributed by atoms with E-state index in [1.54, 1.807) is 6.07 Å². The van der Waals surface area contributed by atoms with Crippen LogP contribution in [0.2, 0.25) is 0 Å². The molecule has 2 heterocycles. The second-order valence-corrected chi connectivity index (χ2v) is 5.38. The maximum Gasteiger partial charge on any atom is 0.358 e. The van der Waals surface area contributed by atoms with Crippen LogP contribution in [0.25, 0.3) is 11.3 Å². The Balaban J connectivity index is 2.22. The smallest absolute Gasteiger partial charge is 0.358 e. The highest BCUT2D eigenvalue weighted by molar-refractivity contribution is 9.10. The van der Waals surface area contributed by atoms with Gasteiger partial charge in [-0.05, 0) is 15.9 Å². The van der Waals surface area contributed by atoms with Gasteiger partial charge in [-0.1, -0.05) is 5.16 Å². The van der Waals surface area contributed by atoms with Gasteiger partial charge in [0.1, 0.15) is 11.3 Å². The Kier molecular flexibility index (Phi) is 3.93. The van der Waals surface area contributed by atoms with E-state index >= 15 is 0 Å². The molecule has 1 aromatic carbocycles. The summed E-state index contributed by atoms with van der Waals surface area (Å²) in [5.74, 6) is 0.501. The Bertz CT molecular complexity index is 726. The minimum absolute atomic E-state index is 0.194. The summed E-state index contributed by atoms with van der Waals surface area (Å²) in [6.07, 6.45) is 0.741. The van der Waals surface area contributed by atoms with Crippen LogP contribution in [0.15, 0.2) is 21.1 Å². The van der Waals surface area contributed by atoms with Gasteiger partial charge in [-0.15, -0.1) is 0 Å². The molecule has 8 heteroatoms. The summed E-state index contributed by atoms with van der Waals surface area (Å²) in [6.45, 7) is 1.01. The average Bonchev–Trinajstić information content (AvgIpc) is 2.86. The summed E-state index contributed by atoms with van der Waals surface area (Å²) >= 11 is 3.41. The van der Waals surface area contributed by atoms with Crippen molar-refractivity contribution in [2.45, 2.75) is 6.42 Å². The third-order valence-electron chi connectivity index (χ3n) is 3.13. The molecular weight excluding hydrogens is 358 g/mol. The normalized spacial score (nSPS) is 13.5. The maximum absolute atomic E-state index is 11.0. The SMILES string of the molecule is COc1c(Br)cc2c(c1-c1cc(C(=O)O)no1)OCCCO2. The number of hydrogen-bond donors (Lipinski definition) is 1. The molecule has 1 aromatic heterocycles. The van der Waals surface area contributed by atoms with Crippen molar-refractivity contribution in [3.05, 3.63) is 22.3 Å². The second-order valence-electron chi connectivity index (χ2n) is 4.53. The molecule has 2 aromatic rings. The third-order valence-corrected chi connectivity index (χ3v) is 3.71. The number of ether oxygens (including phenoxy) is 3. The van der Waals surface area contributed by atoms with Gasteiger partial charge in [0.15, 0.2) is 23.0 Å². The number of fused-ring (bicyclic) bond motifs is 1. The van der Waals surface area contributed by atoms with Crippen molar-refractivity contribution in [1.29, 1.82) is 0 Å². The van der Waals surface area contributed by atoms with Crippen molar-refractivity contribution in [3.8, 4) is 28.6 Å². The first-order valence-electron chi connectivity index (χ1n) is 6.48. The number of halogens is 1. The van der Waals surface area contributed by atoms with Gasteiger partial charge in [-0.25, -0.2) is 4.79 Å². The van der Waals surface area contributed by atoms with Crippen LogP contribution in [0.5, 0.6) is 17.2 Å². The molecule has 1 aliphatic heterocycles. The second kappa shape index (κ2) is 5.88. The number of aromatic nitrogens is 1. The van der Waals surface area contributed by atoms with Crippen LogP contribution in [0.1, 0.15) is 16.9 Å². The number of carboxylic acids is 1. The van der Waals surface area contributed by atoms with Gasteiger partial charge in [0, 0.05) is 18.6 Å². The molecule has 0 amide bonds. The van der Waals surface area contributed by atoms with E-state index in [-0.39, 0.29) is 11.5 Å². The van der Waals surface area contributed by atoms with Crippen molar-refractivity contribution in [1.82, 2.24) is 5.16 Å². The molecule has 0 radical (unpaired) electrons. The molecular formula is C14H12BrNO6. The number of carbonyl (C=O) groups is 1. The van der Waals surface area contributed by atoms with E-state index in [1.807, 2.05) is 0 Å². The van der Waals surface area contributed by atoms with E-state index in [0.717, 1.165) is 6.42 Å². The molecule has 22 heavy (non-hydrogen) atoms. The zero-order chi connectivity index (χ0) is 15.7. The molecule has 0 fully saturated rings. The minimum Gasteiger partial charge on any atom is -0.495 e. The van der Waals surface area contributed by atoms with Gasteiger partial charge in [0.2, 0.25) is 0 Å². The quantitative estimate of drug-likeness (QED) is 0.888. The van der Waals surface area contributed by atoms with E-state index in [0.29, 0.717) is 40.5 Å². The van der Waals surface area contributed by atoms with Crippen LogP contribution < -0.4 is 14.2 Å². The summed E-state index contributed by atoms with van der Waals surface area (Å²) in [5.41, 5.74) is 0.272. The van der Waals surface area contributed by atoms with E-state index in [4.69, 9.17) is 23.8 Å². The topological polar surface area (TPSA) is 91.0 Å². The van der Waals surface area contributed by atoms with Crippen molar-refractivity contribution in [2.24, 2.45) is 0 Å². The summed E-state index contributed by atoms with van der Waals surface area (Å²) in [4.78, 5) is 11.0. The Morgan fingerprint density at radius 1 is 1.36 bits per heavy atom. The molecule has 0 atom stereocenters. The molecule has 0 aliphatic carbocycles. The molecule has 0 saturated heterocycles. The van der Waals surface area contributed by atoms with E-state index in [1.165, 1.54) is 13.2 Å². The van der Waals surface area contributed by atoms with Crippen LogP contribution in [0.3, 0.4) is 0 Å². The molecule has 0 unspecified atom stereocenters.